The lowest BCUT2D eigenvalue weighted by Crippen LogP contribution is -2.53. The van der Waals surface area contributed by atoms with Crippen molar-refractivity contribution in [3.05, 3.63) is 23.2 Å². The monoisotopic (exact) mass is 282 g/mol. The molecule has 0 radical (unpaired) electrons. The van der Waals surface area contributed by atoms with Crippen molar-refractivity contribution in [1.82, 2.24) is 4.90 Å². The number of rotatable bonds is 2. The molecular formula is C14H19ClN2O2. The van der Waals surface area contributed by atoms with Crippen LogP contribution in [-0.2, 0) is 4.79 Å². The van der Waals surface area contributed by atoms with E-state index < -0.39 is 0 Å². The molecule has 4 nitrogen and oxygen atoms in total. The zero-order valence-corrected chi connectivity index (χ0v) is 12.3. The van der Waals surface area contributed by atoms with Crippen molar-refractivity contribution >= 4 is 23.2 Å². The number of carbonyl (C=O) groups excluding carboxylic acids is 1. The summed E-state index contributed by atoms with van der Waals surface area (Å²) in [6.07, 6.45) is 0. The lowest BCUT2D eigenvalue weighted by atomic mass is 10.1. The average molecular weight is 283 g/mol. The zero-order chi connectivity index (χ0) is 14.0. The van der Waals surface area contributed by atoms with Gasteiger partial charge in [0.05, 0.1) is 12.1 Å². The summed E-state index contributed by atoms with van der Waals surface area (Å²) in [5, 5.41) is 0.613. The maximum atomic E-state index is 11.5. The number of hydrogen-bond acceptors (Lipinski definition) is 3. The van der Waals surface area contributed by atoms with Gasteiger partial charge < -0.3 is 14.5 Å². The predicted octanol–water partition coefficient (Wildman–Crippen LogP) is 2.41. The molecule has 1 aromatic rings. The van der Waals surface area contributed by atoms with Gasteiger partial charge in [-0.05, 0) is 19.1 Å². The number of anilines is 1. The fraction of sp³-hybridized carbons (Fsp3) is 0.500. The van der Waals surface area contributed by atoms with Crippen LogP contribution in [-0.4, -0.2) is 43.6 Å². The molecule has 1 atom stereocenters. The third-order valence-electron chi connectivity index (χ3n) is 3.53. The van der Waals surface area contributed by atoms with Gasteiger partial charge in [0.15, 0.2) is 0 Å². The van der Waals surface area contributed by atoms with Gasteiger partial charge in [-0.1, -0.05) is 11.6 Å². The van der Waals surface area contributed by atoms with Crippen molar-refractivity contribution in [3.8, 4) is 5.75 Å². The molecule has 0 spiro atoms. The zero-order valence-electron chi connectivity index (χ0n) is 11.5. The summed E-state index contributed by atoms with van der Waals surface area (Å²) in [5.41, 5.74) is 1.08. The Labute approximate surface area is 118 Å². The molecule has 1 aliphatic heterocycles. The Morgan fingerprint density at radius 3 is 2.74 bits per heavy atom. The topological polar surface area (TPSA) is 32.8 Å². The number of hydrogen-bond donors (Lipinski definition) is 0. The highest BCUT2D eigenvalue weighted by Crippen LogP contribution is 2.30. The van der Waals surface area contributed by atoms with Gasteiger partial charge in [0.1, 0.15) is 5.75 Å². The van der Waals surface area contributed by atoms with E-state index in [1.54, 1.807) is 14.0 Å². The largest absolute Gasteiger partial charge is 0.495 e. The second-order valence-corrected chi connectivity index (χ2v) is 5.23. The van der Waals surface area contributed by atoms with E-state index in [9.17, 15) is 4.79 Å². The minimum Gasteiger partial charge on any atom is -0.495 e. The van der Waals surface area contributed by atoms with Gasteiger partial charge in [-0.15, -0.1) is 0 Å². The van der Waals surface area contributed by atoms with E-state index in [4.69, 9.17) is 16.3 Å². The van der Waals surface area contributed by atoms with E-state index in [1.165, 1.54) is 0 Å². The summed E-state index contributed by atoms with van der Waals surface area (Å²) in [7, 11) is 1.61. The van der Waals surface area contributed by atoms with Crippen LogP contribution in [0.3, 0.4) is 0 Å². The van der Waals surface area contributed by atoms with Crippen molar-refractivity contribution in [2.45, 2.75) is 19.9 Å². The van der Waals surface area contributed by atoms with Crippen molar-refractivity contribution < 1.29 is 9.53 Å². The van der Waals surface area contributed by atoms with Gasteiger partial charge in [0.25, 0.3) is 0 Å². The molecule has 5 heteroatoms. The summed E-state index contributed by atoms with van der Waals surface area (Å²) in [5.74, 6) is 0.821. The molecule has 19 heavy (non-hydrogen) atoms. The number of carbonyl (C=O) groups is 1. The van der Waals surface area contributed by atoms with Crippen LogP contribution in [0.15, 0.2) is 18.2 Å². The molecule has 0 aromatic heterocycles. The molecule has 1 unspecified atom stereocenters. The minimum absolute atomic E-state index is 0.140. The molecule has 0 saturated carbocycles. The molecule has 1 amide bonds. The first-order valence-electron chi connectivity index (χ1n) is 6.38. The summed E-state index contributed by atoms with van der Waals surface area (Å²) in [4.78, 5) is 15.6. The van der Waals surface area contributed by atoms with E-state index in [0.29, 0.717) is 10.8 Å². The van der Waals surface area contributed by atoms with Crippen molar-refractivity contribution in [3.63, 3.8) is 0 Å². The Balaban J connectivity index is 2.14. The molecule has 104 valence electrons. The number of halogens is 1. The average Bonchev–Trinajstić information content (AvgIpc) is 2.38. The van der Waals surface area contributed by atoms with Crippen LogP contribution < -0.4 is 9.64 Å². The van der Waals surface area contributed by atoms with E-state index in [0.717, 1.165) is 25.3 Å². The van der Waals surface area contributed by atoms with Gasteiger partial charge in [0.2, 0.25) is 5.91 Å². The van der Waals surface area contributed by atoms with E-state index in [-0.39, 0.29) is 11.9 Å². The van der Waals surface area contributed by atoms with Crippen molar-refractivity contribution in [1.29, 1.82) is 0 Å². The molecule has 1 fully saturated rings. The van der Waals surface area contributed by atoms with Crippen LogP contribution in [0.1, 0.15) is 13.8 Å². The standard InChI is InChI=1S/C14H19ClN2O2/c1-10-9-16(6-7-17(10)11(2)18)12-4-5-13(15)14(8-12)19-3/h4-5,8,10H,6-7,9H2,1-3H3. The third kappa shape index (κ3) is 2.95. The highest BCUT2D eigenvalue weighted by atomic mass is 35.5. The third-order valence-corrected chi connectivity index (χ3v) is 3.84. The van der Waals surface area contributed by atoms with Crippen LogP contribution in [0.25, 0.3) is 0 Å². The van der Waals surface area contributed by atoms with E-state index in [2.05, 4.69) is 11.8 Å². The van der Waals surface area contributed by atoms with Gasteiger partial charge in [-0.2, -0.15) is 0 Å². The lowest BCUT2D eigenvalue weighted by molar-refractivity contribution is -0.131. The molecule has 2 rings (SSSR count). The van der Waals surface area contributed by atoms with Gasteiger partial charge in [-0.25, -0.2) is 0 Å². The molecule has 1 aromatic carbocycles. The fourth-order valence-corrected chi connectivity index (χ4v) is 2.70. The molecule has 0 bridgehead atoms. The molecular weight excluding hydrogens is 264 g/mol. The summed E-state index contributed by atoms with van der Waals surface area (Å²) < 4.78 is 5.24. The SMILES string of the molecule is COc1cc(N2CCN(C(C)=O)C(C)C2)ccc1Cl. The van der Waals surface area contributed by atoms with E-state index in [1.807, 2.05) is 23.1 Å². The first-order valence-corrected chi connectivity index (χ1v) is 6.76. The van der Waals surface area contributed by atoms with Gasteiger partial charge >= 0.3 is 0 Å². The predicted molar refractivity (Wildman–Crippen MR) is 77.1 cm³/mol. The summed E-state index contributed by atoms with van der Waals surface area (Å²) in [6.45, 7) is 6.10. The normalized spacial score (nSPS) is 19.5. The second-order valence-electron chi connectivity index (χ2n) is 4.83. The van der Waals surface area contributed by atoms with Crippen LogP contribution >= 0.6 is 11.6 Å². The number of nitrogens with zero attached hydrogens (tertiary/aromatic N) is 2. The molecule has 1 aliphatic rings. The maximum absolute atomic E-state index is 11.5. The lowest BCUT2D eigenvalue weighted by Gasteiger charge is -2.40. The maximum Gasteiger partial charge on any atom is 0.219 e. The Kier molecular flexibility index (Phi) is 4.20. The van der Waals surface area contributed by atoms with Crippen LogP contribution in [0, 0.1) is 0 Å². The van der Waals surface area contributed by atoms with Crippen LogP contribution in [0.4, 0.5) is 5.69 Å². The molecule has 1 saturated heterocycles. The fourth-order valence-electron chi connectivity index (χ4n) is 2.51. The van der Waals surface area contributed by atoms with E-state index >= 15 is 0 Å². The summed E-state index contributed by atoms with van der Waals surface area (Å²) in [6, 6.07) is 5.99. The minimum atomic E-state index is 0.140. The second kappa shape index (κ2) is 5.70. The summed E-state index contributed by atoms with van der Waals surface area (Å²) >= 11 is 6.03. The quantitative estimate of drug-likeness (QED) is 0.835. The Morgan fingerprint density at radius 2 is 2.16 bits per heavy atom. The first-order chi connectivity index (χ1) is 9.02. The molecule has 0 aliphatic carbocycles. The smallest absolute Gasteiger partial charge is 0.219 e. The van der Waals surface area contributed by atoms with Crippen molar-refractivity contribution in [2.75, 3.05) is 31.6 Å². The van der Waals surface area contributed by atoms with Crippen molar-refractivity contribution in [2.24, 2.45) is 0 Å². The van der Waals surface area contributed by atoms with Gasteiger partial charge in [-0.3, -0.25) is 4.79 Å². The molecule has 0 N–H and O–H groups in total. The van der Waals surface area contributed by atoms with Crippen LogP contribution in [0.2, 0.25) is 5.02 Å². The number of piperazine rings is 1. The first kappa shape index (κ1) is 14.0. The Hall–Kier alpha value is -1.42. The number of ether oxygens (including phenoxy) is 1. The highest BCUT2D eigenvalue weighted by molar-refractivity contribution is 6.32. The number of amides is 1. The highest BCUT2D eigenvalue weighted by Gasteiger charge is 2.25. The van der Waals surface area contributed by atoms with Gasteiger partial charge in [0, 0.05) is 44.4 Å². The van der Waals surface area contributed by atoms with Crippen LogP contribution in [0.5, 0.6) is 5.75 Å². The number of methoxy groups -OCH3 is 1. The molecule has 1 heterocycles. The Morgan fingerprint density at radius 1 is 1.42 bits per heavy atom. The number of benzene rings is 1. The Bertz CT molecular complexity index is 479.